The highest BCUT2D eigenvalue weighted by molar-refractivity contribution is 6.31. The van der Waals surface area contributed by atoms with Gasteiger partial charge < -0.3 is 4.90 Å². The van der Waals surface area contributed by atoms with E-state index in [1.807, 2.05) is 17.9 Å². The molecule has 1 aliphatic rings. The number of aryl methyl sites for hydroxylation is 1. The molecule has 0 aromatic heterocycles. The highest BCUT2D eigenvalue weighted by Crippen LogP contribution is 2.24. The Morgan fingerprint density at radius 3 is 2.83 bits per heavy atom. The predicted octanol–water partition coefficient (Wildman–Crippen LogP) is 3.74. The molecule has 2 nitrogen and oxygen atoms in total. The Balaban J connectivity index is 2.19. The molecule has 4 heteroatoms. The van der Waals surface area contributed by atoms with Gasteiger partial charge in [0.2, 0.25) is 0 Å². The zero-order valence-corrected chi connectivity index (χ0v) is 12.1. The number of rotatable bonds is 1. The van der Waals surface area contributed by atoms with Gasteiger partial charge in [-0.1, -0.05) is 24.6 Å². The molecule has 0 saturated carbocycles. The van der Waals surface area contributed by atoms with Crippen molar-refractivity contribution in [2.24, 2.45) is 5.92 Å². The van der Waals surface area contributed by atoms with Crippen molar-refractivity contribution in [3.63, 3.8) is 0 Å². The maximum absolute atomic E-state index is 12.4. The number of halogens is 2. The first-order valence-corrected chi connectivity index (χ1v) is 7.00. The van der Waals surface area contributed by atoms with Gasteiger partial charge in [0.15, 0.2) is 0 Å². The van der Waals surface area contributed by atoms with Crippen LogP contribution in [0.5, 0.6) is 0 Å². The van der Waals surface area contributed by atoms with Crippen LogP contribution in [0.25, 0.3) is 0 Å². The average Bonchev–Trinajstić information content (AvgIpc) is 2.35. The second-order valence-corrected chi connectivity index (χ2v) is 5.99. The monoisotopic (exact) mass is 285 g/mol. The van der Waals surface area contributed by atoms with E-state index in [0.29, 0.717) is 23.0 Å². The van der Waals surface area contributed by atoms with Crippen LogP contribution in [0.1, 0.15) is 29.3 Å². The van der Waals surface area contributed by atoms with Crippen molar-refractivity contribution in [3.05, 3.63) is 34.3 Å². The number of piperidine rings is 1. The van der Waals surface area contributed by atoms with Crippen molar-refractivity contribution < 1.29 is 4.79 Å². The fourth-order valence-corrected chi connectivity index (χ4v) is 2.67. The molecule has 1 aromatic rings. The third-order valence-electron chi connectivity index (χ3n) is 3.58. The fourth-order valence-electron chi connectivity index (χ4n) is 2.20. The molecule has 0 N–H and O–H groups in total. The van der Waals surface area contributed by atoms with Gasteiger partial charge in [0.1, 0.15) is 0 Å². The molecule has 2 rings (SSSR count). The SMILES string of the molecule is Cc1ccc(Cl)cc1C(=O)N1CCC(C)C(Cl)C1. The molecule has 1 heterocycles. The Kier molecular flexibility index (Phi) is 4.18. The van der Waals surface area contributed by atoms with Crippen LogP contribution >= 0.6 is 23.2 Å². The Morgan fingerprint density at radius 1 is 1.44 bits per heavy atom. The van der Waals surface area contributed by atoms with Gasteiger partial charge >= 0.3 is 0 Å². The van der Waals surface area contributed by atoms with Crippen LogP contribution in [-0.4, -0.2) is 29.3 Å². The fraction of sp³-hybridized carbons (Fsp3) is 0.500. The summed E-state index contributed by atoms with van der Waals surface area (Å²) in [5.41, 5.74) is 1.63. The third kappa shape index (κ3) is 2.81. The largest absolute Gasteiger partial charge is 0.337 e. The average molecular weight is 286 g/mol. The quantitative estimate of drug-likeness (QED) is 0.720. The molecule has 1 fully saturated rings. The van der Waals surface area contributed by atoms with Gasteiger partial charge in [0.05, 0.1) is 5.38 Å². The molecule has 1 saturated heterocycles. The van der Waals surface area contributed by atoms with Crippen LogP contribution in [0.2, 0.25) is 5.02 Å². The van der Waals surface area contributed by atoms with Crippen LogP contribution in [0.15, 0.2) is 18.2 Å². The summed E-state index contributed by atoms with van der Waals surface area (Å²) >= 11 is 12.2. The van der Waals surface area contributed by atoms with Crippen molar-refractivity contribution in [2.45, 2.75) is 25.6 Å². The zero-order valence-electron chi connectivity index (χ0n) is 10.6. The lowest BCUT2D eigenvalue weighted by Gasteiger charge is -2.34. The number of carbonyl (C=O) groups excluding carboxylic acids is 1. The predicted molar refractivity (Wildman–Crippen MR) is 75.5 cm³/mol. The van der Waals surface area contributed by atoms with Crippen LogP contribution in [0, 0.1) is 12.8 Å². The molecular formula is C14H17Cl2NO. The zero-order chi connectivity index (χ0) is 13.3. The van der Waals surface area contributed by atoms with Crippen LogP contribution in [0.3, 0.4) is 0 Å². The lowest BCUT2D eigenvalue weighted by atomic mass is 9.97. The van der Waals surface area contributed by atoms with Crippen molar-refractivity contribution >= 4 is 29.1 Å². The van der Waals surface area contributed by atoms with Crippen LogP contribution in [0.4, 0.5) is 0 Å². The van der Waals surface area contributed by atoms with E-state index in [1.165, 1.54) is 0 Å². The molecule has 98 valence electrons. The van der Waals surface area contributed by atoms with Crippen LogP contribution in [-0.2, 0) is 0 Å². The normalized spacial score (nSPS) is 24.1. The number of hydrogen-bond donors (Lipinski definition) is 0. The van der Waals surface area contributed by atoms with Crippen LogP contribution < -0.4 is 0 Å². The summed E-state index contributed by atoms with van der Waals surface area (Å²) in [6, 6.07) is 5.41. The maximum Gasteiger partial charge on any atom is 0.254 e. The van der Waals surface area contributed by atoms with E-state index in [9.17, 15) is 4.79 Å². The number of carbonyl (C=O) groups is 1. The Bertz CT molecular complexity index is 461. The van der Waals surface area contributed by atoms with Crippen molar-refractivity contribution in [3.8, 4) is 0 Å². The summed E-state index contributed by atoms with van der Waals surface area (Å²) in [5, 5.41) is 0.638. The second-order valence-electron chi connectivity index (χ2n) is 4.99. The van der Waals surface area contributed by atoms with Gasteiger partial charge in [-0.15, -0.1) is 11.6 Å². The first kappa shape index (κ1) is 13.7. The van der Waals surface area contributed by atoms with Gasteiger partial charge in [0.25, 0.3) is 5.91 Å². The van der Waals surface area contributed by atoms with Crippen molar-refractivity contribution in [1.82, 2.24) is 4.90 Å². The van der Waals surface area contributed by atoms with Crippen molar-refractivity contribution in [2.75, 3.05) is 13.1 Å². The molecule has 0 aliphatic carbocycles. The van der Waals surface area contributed by atoms with E-state index in [2.05, 4.69) is 6.92 Å². The molecule has 0 radical (unpaired) electrons. The number of benzene rings is 1. The minimum absolute atomic E-state index is 0.0348. The Hall–Kier alpha value is -0.730. The summed E-state index contributed by atoms with van der Waals surface area (Å²) in [5.74, 6) is 0.503. The molecular weight excluding hydrogens is 269 g/mol. The Morgan fingerprint density at radius 2 is 2.17 bits per heavy atom. The smallest absolute Gasteiger partial charge is 0.254 e. The van der Waals surface area contributed by atoms with E-state index in [4.69, 9.17) is 23.2 Å². The van der Waals surface area contributed by atoms with E-state index in [-0.39, 0.29) is 11.3 Å². The van der Waals surface area contributed by atoms with Crippen molar-refractivity contribution in [1.29, 1.82) is 0 Å². The highest BCUT2D eigenvalue weighted by Gasteiger charge is 2.28. The lowest BCUT2D eigenvalue weighted by molar-refractivity contribution is 0.0700. The summed E-state index contributed by atoms with van der Waals surface area (Å²) in [4.78, 5) is 14.3. The van der Waals surface area contributed by atoms with E-state index in [1.54, 1.807) is 12.1 Å². The summed E-state index contributed by atoms with van der Waals surface area (Å²) in [7, 11) is 0. The van der Waals surface area contributed by atoms with E-state index < -0.39 is 0 Å². The molecule has 0 spiro atoms. The maximum atomic E-state index is 12.4. The standard InChI is InChI=1S/C14H17Cl2NO/c1-9-3-4-11(15)7-12(9)14(18)17-6-5-10(2)13(16)8-17/h3-4,7,10,13H,5-6,8H2,1-2H3. The molecule has 0 bridgehead atoms. The number of likely N-dealkylation sites (tertiary alicyclic amines) is 1. The molecule has 18 heavy (non-hydrogen) atoms. The minimum atomic E-state index is 0.0348. The Labute approximate surface area is 118 Å². The van der Waals surface area contributed by atoms with Gasteiger partial charge in [-0.2, -0.15) is 0 Å². The van der Waals surface area contributed by atoms with Gasteiger partial charge in [0, 0.05) is 23.7 Å². The summed E-state index contributed by atoms with van der Waals surface area (Å²) in [6.45, 7) is 5.45. The van der Waals surface area contributed by atoms with Gasteiger partial charge in [-0.25, -0.2) is 0 Å². The first-order valence-electron chi connectivity index (χ1n) is 6.18. The molecule has 2 atom stereocenters. The second kappa shape index (κ2) is 5.50. The van der Waals surface area contributed by atoms with E-state index in [0.717, 1.165) is 18.5 Å². The van der Waals surface area contributed by atoms with Gasteiger partial charge in [-0.05, 0) is 37.0 Å². The molecule has 2 unspecified atom stereocenters. The summed E-state index contributed by atoms with van der Waals surface area (Å²) < 4.78 is 0. The highest BCUT2D eigenvalue weighted by atomic mass is 35.5. The number of amides is 1. The first-order chi connectivity index (χ1) is 8.49. The molecule has 1 amide bonds. The molecule has 1 aromatic carbocycles. The topological polar surface area (TPSA) is 20.3 Å². The molecule has 1 aliphatic heterocycles. The number of alkyl halides is 1. The van der Waals surface area contributed by atoms with Gasteiger partial charge in [-0.3, -0.25) is 4.79 Å². The lowest BCUT2D eigenvalue weighted by Crippen LogP contribution is -2.44. The third-order valence-corrected chi connectivity index (χ3v) is 4.39. The van der Waals surface area contributed by atoms with E-state index >= 15 is 0 Å². The minimum Gasteiger partial charge on any atom is -0.337 e. The number of hydrogen-bond acceptors (Lipinski definition) is 1. The number of nitrogens with zero attached hydrogens (tertiary/aromatic N) is 1. The summed E-state index contributed by atoms with van der Waals surface area (Å²) in [6.07, 6.45) is 0.958.